The van der Waals surface area contributed by atoms with E-state index < -0.39 is 11.6 Å². The molecule has 0 amide bonds. The van der Waals surface area contributed by atoms with Gasteiger partial charge in [0.05, 0.1) is 17.2 Å². The number of halogens is 2. The average molecular weight is 240 g/mol. The summed E-state index contributed by atoms with van der Waals surface area (Å²) < 4.78 is 25.9. The Labute approximate surface area is 96.0 Å². The molecule has 16 heavy (non-hydrogen) atoms. The predicted octanol–water partition coefficient (Wildman–Crippen LogP) is 3.59. The highest BCUT2D eigenvalue weighted by molar-refractivity contribution is 7.07. The Morgan fingerprint density at radius 1 is 1.25 bits per heavy atom. The molecule has 0 fully saturated rings. The number of hydrogen-bond acceptors (Lipinski definition) is 3. The molecule has 0 bridgehead atoms. The van der Waals surface area contributed by atoms with Crippen molar-refractivity contribution in [3.63, 3.8) is 0 Å². The first-order valence-electron chi connectivity index (χ1n) is 4.76. The third kappa shape index (κ3) is 2.55. The van der Waals surface area contributed by atoms with Gasteiger partial charge < -0.3 is 5.32 Å². The van der Waals surface area contributed by atoms with Gasteiger partial charge in [-0.3, -0.25) is 0 Å². The summed E-state index contributed by atoms with van der Waals surface area (Å²) in [6.45, 7) is 1.89. The second kappa shape index (κ2) is 4.57. The van der Waals surface area contributed by atoms with Gasteiger partial charge in [0.15, 0.2) is 0 Å². The smallest absolute Gasteiger partial charge is 0.128 e. The fourth-order valence-corrected chi connectivity index (χ4v) is 2.04. The fraction of sp³-hybridized carbons (Fsp3) is 0.182. The van der Waals surface area contributed by atoms with E-state index in [4.69, 9.17) is 0 Å². The first-order chi connectivity index (χ1) is 7.65. The molecule has 1 N–H and O–H groups in total. The molecule has 0 radical (unpaired) electrons. The quantitative estimate of drug-likeness (QED) is 0.886. The summed E-state index contributed by atoms with van der Waals surface area (Å²) in [5.41, 5.74) is 2.99. The highest BCUT2D eigenvalue weighted by Gasteiger charge is 2.08. The standard InChI is InChI=1S/C11H10F2N2S/c1-7(11-5-16-6-14-11)15-10-3-8(12)2-9(13)4-10/h2-7,15H,1H3. The van der Waals surface area contributed by atoms with Crippen molar-refractivity contribution in [1.29, 1.82) is 0 Å². The largest absolute Gasteiger partial charge is 0.377 e. The molecule has 1 aromatic heterocycles. The summed E-state index contributed by atoms with van der Waals surface area (Å²) in [5, 5.41) is 4.89. The Bertz CT molecular complexity index is 451. The maximum atomic E-state index is 12.9. The van der Waals surface area contributed by atoms with Gasteiger partial charge in [-0.25, -0.2) is 13.8 Å². The lowest BCUT2D eigenvalue weighted by Crippen LogP contribution is -2.07. The molecule has 84 valence electrons. The lowest BCUT2D eigenvalue weighted by atomic mass is 10.2. The number of benzene rings is 1. The van der Waals surface area contributed by atoms with Gasteiger partial charge in [-0.1, -0.05) is 0 Å². The van der Waals surface area contributed by atoms with Gasteiger partial charge in [0.1, 0.15) is 11.6 Å². The minimum absolute atomic E-state index is 0.0764. The van der Waals surface area contributed by atoms with Crippen molar-refractivity contribution in [2.45, 2.75) is 13.0 Å². The van der Waals surface area contributed by atoms with Crippen LogP contribution < -0.4 is 5.32 Å². The lowest BCUT2D eigenvalue weighted by Gasteiger charge is -2.13. The number of hydrogen-bond donors (Lipinski definition) is 1. The van der Waals surface area contributed by atoms with Crippen LogP contribution in [-0.2, 0) is 0 Å². The van der Waals surface area contributed by atoms with Gasteiger partial charge in [0.2, 0.25) is 0 Å². The van der Waals surface area contributed by atoms with Crippen LogP contribution in [0.3, 0.4) is 0 Å². The SMILES string of the molecule is CC(Nc1cc(F)cc(F)c1)c1cscn1. The Morgan fingerprint density at radius 3 is 2.50 bits per heavy atom. The second-order valence-electron chi connectivity index (χ2n) is 3.44. The predicted molar refractivity (Wildman–Crippen MR) is 60.5 cm³/mol. The van der Waals surface area contributed by atoms with Gasteiger partial charge >= 0.3 is 0 Å². The molecule has 0 aliphatic rings. The summed E-state index contributed by atoms with van der Waals surface area (Å²) in [7, 11) is 0. The van der Waals surface area contributed by atoms with Gasteiger partial charge in [0.25, 0.3) is 0 Å². The van der Waals surface area contributed by atoms with Gasteiger partial charge in [-0.2, -0.15) is 0 Å². The minimum atomic E-state index is -0.590. The lowest BCUT2D eigenvalue weighted by molar-refractivity contribution is 0.583. The molecule has 0 spiro atoms. The van der Waals surface area contributed by atoms with Crippen LogP contribution in [-0.4, -0.2) is 4.98 Å². The van der Waals surface area contributed by atoms with Crippen molar-refractivity contribution in [2.75, 3.05) is 5.32 Å². The van der Waals surface area contributed by atoms with Gasteiger partial charge in [0, 0.05) is 17.1 Å². The molecular weight excluding hydrogens is 230 g/mol. The van der Waals surface area contributed by atoms with E-state index in [-0.39, 0.29) is 6.04 Å². The molecule has 2 nitrogen and oxygen atoms in total. The van der Waals surface area contributed by atoms with Crippen LogP contribution in [0.15, 0.2) is 29.1 Å². The van der Waals surface area contributed by atoms with E-state index in [1.54, 1.807) is 5.51 Å². The third-order valence-corrected chi connectivity index (χ3v) is 2.75. The van der Waals surface area contributed by atoms with Gasteiger partial charge in [-0.15, -0.1) is 11.3 Å². The summed E-state index contributed by atoms with van der Waals surface area (Å²) in [5.74, 6) is -1.18. The Hall–Kier alpha value is -1.49. The van der Waals surface area contributed by atoms with E-state index in [9.17, 15) is 8.78 Å². The van der Waals surface area contributed by atoms with Crippen molar-refractivity contribution in [2.24, 2.45) is 0 Å². The second-order valence-corrected chi connectivity index (χ2v) is 4.16. The zero-order valence-electron chi connectivity index (χ0n) is 8.58. The molecule has 2 rings (SSSR count). The van der Waals surface area contributed by atoms with Crippen molar-refractivity contribution >= 4 is 17.0 Å². The van der Waals surface area contributed by atoms with E-state index in [1.807, 2.05) is 12.3 Å². The van der Waals surface area contributed by atoms with E-state index >= 15 is 0 Å². The fourth-order valence-electron chi connectivity index (χ4n) is 1.40. The summed E-state index contributed by atoms with van der Waals surface area (Å²) in [6.07, 6.45) is 0. The number of anilines is 1. The normalized spacial score (nSPS) is 12.4. The molecule has 1 unspecified atom stereocenters. The molecule has 1 heterocycles. The van der Waals surface area contributed by atoms with Crippen molar-refractivity contribution in [1.82, 2.24) is 4.98 Å². The Kier molecular flexibility index (Phi) is 3.14. The monoisotopic (exact) mass is 240 g/mol. The molecule has 0 aliphatic carbocycles. The molecule has 0 aliphatic heterocycles. The van der Waals surface area contributed by atoms with Crippen LogP contribution in [0.25, 0.3) is 0 Å². The first-order valence-corrected chi connectivity index (χ1v) is 5.70. The molecule has 5 heteroatoms. The van der Waals surface area contributed by atoms with Gasteiger partial charge in [-0.05, 0) is 19.1 Å². The highest BCUT2D eigenvalue weighted by Crippen LogP contribution is 2.20. The van der Waals surface area contributed by atoms with Crippen LogP contribution in [0.5, 0.6) is 0 Å². The molecule has 0 saturated heterocycles. The van der Waals surface area contributed by atoms with E-state index in [1.165, 1.54) is 23.5 Å². The topological polar surface area (TPSA) is 24.9 Å². The molecule has 1 atom stereocenters. The molecule has 0 saturated carbocycles. The highest BCUT2D eigenvalue weighted by atomic mass is 32.1. The summed E-state index contributed by atoms with van der Waals surface area (Å²) in [6, 6.07) is 3.28. The maximum Gasteiger partial charge on any atom is 0.128 e. The van der Waals surface area contributed by atoms with Crippen molar-refractivity contribution in [3.05, 3.63) is 46.4 Å². The Morgan fingerprint density at radius 2 is 1.94 bits per heavy atom. The van der Waals surface area contributed by atoms with Crippen LogP contribution in [0.2, 0.25) is 0 Å². The minimum Gasteiger partial charge on any atom is -0.377 e. The maximum absolute atomic E-state index is 12.9. The average Bonchev–Trinajstić information content (AvgIpc) is 2.68. The summed E-state index contributed by atoms with van der Waals surface area (Å²) >= 11 is 1.49. The number of rotatable bonds is 3. The van der Waals surface area contributed by atoms with E-state index in [0.717, 1.165) is 11.8 Å². The van der Waals surface area contributed by atoms with Crippen molar-refractivity contribution < 1.29 is 8.78 Å². The van der Waals surface area contributed by atoms with Crippen LogP contribution in [0.1, 0.15) is 18.7 Å². The molecule has 2 aromatic rings. The van der Waals surface area contributed by atoms with Crippen LogP contribution in [0.4, 0.5) is 14.5 Å². The zero-order chi connectivity index (χ0) is 11.5. The number of thiazole rings is 1. The number of nitrogens with one attached hydrogen (secondary N) is 1. The number of aromatic nitrogens is 1. The van der Waals surface area contributed by atoms with E-state index in [2.05, 4.69) is 10.3 Å². The summed E-state index contributed by atoms with van der Waals surface area (Å²) in [4.78, 5) is 4.13. The van der Waals surface area contributed by atoms with E-state index in [0.29, 0.717) is 5.69 Å². The third-order valence-electron chi connectivity index (χ3n) is 2.14. The van der Waals surface area contributed by atoms with Crippen molar-refractivity contribution in [3.8, 4) is 0 Å². The zero-order valence-corrected chi connectivity index (χ0v) is 9.39. The number of nitrogens with zero attached hydrogens (tertiary/aromatic N) is 1. The first kappa shape index (κ1) is 11.0. The Balaban J connectivity index is 2.15. The van der Waals surface area contributed by atoms with Crippen LogP contribution in [0, 0.1) is 11.6 Å². The molecule has 1 aromatic carbocycles. The van der Waals surface area contributed by atoms with Crippen LogP contribution >= 0.6 is 11.3 Å². The molecular formula is C11H10F2N2S.